The van der Waals surface area contributed by atoms with Crippen molar-refractivity contribution in [2.45, 2.75) is 25.4 Å². The summed E-state index contributed by atoms with van der Waals surface area (Å²) < 4.78 is 49.9. The monoisotopic (exact) mass is 499 g/mol. The lowest BCUT2D eigenvalue weighted by molar-refractivity contribution is -0.192. The predicted octanol–water partition coefficient (Wildman–Crippen LogP) is 4.39. The van der Waals surface area contributed by atoms with Gasteiger partial charge in [-0.3, -0.25) is 15.0 Å². The number of carboxylic acids is 1. The minimum absolute atomic E-state index is 0.00739. The van der Waals surface area contributed by atoms with Crippen LogP contribution in [0.4, 0.5) is 28.2 Å². The molecule has 2 N–H and O–H groups in total. The van der Waals surface area contributed by atoms with Crippen LogP contribution in [0.15, 0.2) is 48.7 Å². The van der Waals surface area contributed by atoms with E-state index in [1.807, 2.05) is 0 Å². The zero-order valence-electron chi connectivity index (χ0n) is 18.6. The molecule has 35 heavy (non-hydrogen) atoms. The van der Waals surface area contributed by atoms with Crippen LogP contribution in [0.2, 0.25) is 0 Å². The van der Waals surface area contributed by atoms with Gasteiger partial charge in [-0.25, -0.2) is 19.0 Å². The van der Waals surface area contributed by atoms with Crippen LogP contribution >= 0.6 is 0 Å². The first-order valence-corrected chi connectivity index (χ1v) is 10.7. The van der Waals surface area contributed by atoms with Crippen molar-refractivity contribution in [2.24, 2.45) is 5.92 Å². The van der Waals surface area contributed by atoms with E-state index in [-0.39, 0.29) is 11.6 Å². The van der Waals surface area contributed by atoms with E-state index in [1.165, 1.54) is 24.3 Å². The molecule has 3 rings (SSSR count). The van der Waals surface area contributed by atoms with Crippen molar-refractivity contribution >= 4 is 23.7 Å². The molecule has 0 spiro atoms. The molecule has 0 bridgehead atoms. The van der Waals surface area contributed by atoms with Crippen molar-refractivity contribution in [2.75, 3.05) is 31.6 Å². The fourth-order valence-electron chi connectivity index (χ4n) is 3.26. The second-order valence-corrected chi connectivity index (χ2v) is 7.72. The number of carbonyl (C=O) groups is 3. The Morgan fingerprint density at radius 2 is 1.71 bits per heavy atom. The van der Waals surface area contributed by atoms with Crippen molar-refractivity contribution in [3.05, 3.63) is 60.0 Å². The number of anilines is 1. The lowest BCUT2D eigenvalue weighted by Gasteiger charge is -2.31. The Morgan fingerprint density at radius 3 is 2.26 bits per heavy atom. The minimum Gasteiger partial charge on any atom is -0.475 e. The smallest absolute Gasteiger partial charge is 0.475 e. The molecule has 8 nitrogen and oxygen atoms in total. The molecule has 1 aliphatic heterocycles. The number of benzene rings is 1. The molecule has 1 aromatic heterocycles. The number of ether oxygens (including phenoxy) is 1. The number of nitrogens with one attached hydrogen (secondary N) is 1. The Bertz CT molecular complexity index is 963. The number of likely N-dealkylation sites (tertiary alicyclic amines) is 1. The van der Waals surface area contributed by atoms with Crippen molar-refractivity contribution in [3.63, 3.8) is 0 Å². The average molecular weight is 499 g/mol. The third-order valence-corrected chi connectivity index (χ3v) is 5.14. The van der Waals surface area contributed by atoms with Gasteiger partial charge in [0.15, 0.2) is 5.78 Å². The molecule has 12 heteroatoms. The molecule has 2 heterocycles. The molecular formula is C23H25F4N3O5. The highest BCUT2D eigenvalue weighted by molar-refractivity contribution is 5.97. The number of hydrogen-bond acceptors (Lipinski definition) is 6. The molecular weight excluding hydrogens is 474 g/mol. The normalized spacial score (nSPS) is 14.4. The van der Waals surface area contributed by atoms with Crippen molar-refractivity contribution in [1.82, 2.24) is 9.88 Å². The molecule has 1 aliphatic rings. The van der Waals surface area contributed by atoms with Crippen LogP contribution in [0.5, 0.6) is 0 Å². The highest BCUT2D eigenvalue weighted by Gasteiger charge is 2.38. The first-order chi connectivity index (χ1) is 16.5. The third-order valence-electron chi connectivity index (χ3n) is 5.14. The molecule has 1 aromatic carbocycles. The zero-order chi connectivity index (χ0) is 25.8. The second kappa shape index (κ2) is 13.4. The number of aromatic nitrogens is 1. The van der Waals surface area contributed by atoms with Gasteiger partial charge in [-0.1, -0.05) is 6.07 Å². The quantitative estimate of drug-likeness (QED) is 0.430. The summed E-state index contributed by atoms with van der Waals surface area (Å²) in [4.78, 5) is 39.0. The highest BCUT2D eigenvalue weighted by atomic mass is 19.4. The van der Waals surface area contributed by atoms with E-state index in [0.717, 1.165) is 32.4 Å². The summed E-state index contributed by atoms with van der Waals surface area (Å²) in [5, 5.41) is 9.71. The van der Waals surface area contributed by atoms with E-state index in [4.69, 9.17) is 14.6 Å². The maximum Gasteiger partial charge on any atom is 0.490 e. The summed E-state index contributed by atoms with van der Waals surface area (Å²) in [6, 6.07) is 10.9. The minimum atomic E-state index is -5.08. The van der Waals surface area contributed by atoms with E-state index in [1.54, 1.807) is 24.4 Å². The molecule has 0 radical (unpaired) electrons. The van der Waals surface area contributed by atoms with Crippen LogP contribution in [-0.2, 0) is 9.53 Å². The fraction of sp³-hybridized carbons (Fsp3) is 0.391. The van der Waals surface area contributed by atoms with Gasteiger partial charge in [0.1, 0.15) is 11.6 Å². The summed E-state index contributed by atoms with van der Waals surface area (Å²) >= 11 is 0. The first-order valence-electron chi connectivity index (χ1n) is 10.7. The van der Waals surface area contributed by atoms with E-state index in [9.17, 15) is 27.2 Å². The van der Waals surface area contributed by atoms with E-state index in [0.29, 0.717) is 30.5 Å². The maximum atomic E-state index is 13.0. The van der Waals surface area contributed by atoms with Crippen molar-refractivity contribution < 1.29 is 41.8 Å². The summed E-state index contributed by atoms with van der Waals surface area (Å²) in [7, 11) is 0. The van der Waals surface area contributed by atoms with Crippen LogP contribution in [0.25, 0.3) is 0 Å². The summed E-state index contributed by atoms with van der Waals surface area (Å²) in [5.41, 5.74) is 0.538. The Morgan fingerprint density at radius 1 is 1.09 bits per heavy atom. The predicted molar refractivity (Wildman–Crippen MR) is 117 cm³/mol. The second-order valence-electron chi connectivity index (χ2n) is 7.72. The van der Waals surface area contributed by atoms with Gasteiger partial charge in [0.25, 0.3) is 0 Å². The number of ketones is 1. The number of carbonyl (C=O) groups excluding carboxylic acids is 2. The average Bonchev–Trinajstić information content (AvgIpc) is 2.81. The Kier molecular flexibility index (Phi) is 10.6. The van der Waals surface area contributed by atoms with E-state index < -0.39 is 18.2 Å². The number of pyridine rings is 1. The van der Waals surface area contributed by atoms with Gasteiger partial charge in [0.05, 0.1) is 13.2 Å². The SMILES string of the molecule is O=C(Nc1ccccn1)OCCC1CCN(CC(=O)c2ccc(F)cc2)CC1.O=C(O)C(F)(F)F. The molecule has 0 aliphatic carbocycles. The molecule has 190 valence electrons. The van der Waals surface area contributed by atoms with Gasteiger partial charge in [0, 0.05) is 11.8 Å². The van der Waals surface area contributed by atoms with Crippen molar-refractivity contribution in [3.8, 4) is 0 Å². The number of halogens is 4. The zero-order valence-corrected chi connectivity index (χ0v) is 18.6. The Hall–Kier alpha value is -3.54. The Labute approximate surface area is 198 Å². The molecule has 0 unspecified atom stereocenters. The van der Waals surface area contributed by atoms with Gasteiger partial charge in [-0.15, -0.1) is 0 Å². The van der Waals surface area contributed by atoms with Crippen LogP contribution in [-0.4, -0.2) is 65.3 Å². The fourth-order valence-corrected chi connectivity index (χ4v) is 3.26. The molecule has 1 amide bonds. The van der Waals surface area contributed by atoms with E-state index >= 15 is 0 Å². The molecule has 0 atom stereocenters. The summed E-state index contributed by atoms with van der Waals surface area (Å²) in [6.07, 6.45) is -1.26. The van der Waals surface area contributed by atoms with Gasteiger partial charge in [-0.05, 0) is 74.7 Å². The molecule has 1 saturated heterocycles. The van der Waals surface area contributed by atoms with Crippen LogP contribution in [0.3, 0.4) is 0 Å². The number of alkyl halides is 3. The molecule has 0 saturated carbocycles. The van der Waals surface area contributed by atoms with Crippen LogP contribution in [0, 0.1) is 11.7 Å². The topological polar surface area (TPSA) is 109 Å². The number of hydrogen-bond donors (Lipinski definition) is 2. The Balaban J connectivity index is 0.000000540. The largest absolute Gasteiger partial charge is 0.490 e. The maximum absolute atomic E-state index is 13.0. The molecule has 2 aromatic rings. The first kappa shape index (κ1) is 27.7. The number of aliphatic carboxylic acids is 1. The van der Waals surface area contributed by atoms with Gasteiger partial charge in [0.2, 0.25) is 0 Å². The standard InChI is InChI=1S/C21H24FN3O3.C2HF3O2/c22-18-6-4-17(5-7-18)19(26)15-25-12-8-16(9-13-25)10-14-28-21(27)24-20-3-1-2-11-23-20;3-2(4,5)1(6)7/h1-7,11,16H,8-10,12-15H2,(H,23,24,27);(H,6,7). The summed E-state index contributed by atoms with van der Waals surface area (Å²) in [6.45, 7) is 2.37. The summed E-state index contributed by atoms with van der Waals surface area (Å²) in [5.74, 6) is -2.15. The lowest BCUT2D eigenvalue weighted by Crippen LogP contribution is -2.37. The van der Waals surface area contributed by atoms with Crippen LogP contribution in [0.1, 0.15) is 29.6 Å². The van der Waals surface area contributed by atoms with Crippen molar-refractivity contribution in [1.29, 1.82) is 0 Å². The number of rotatable bonds is 7. The third kappa shape index (κ3) is 10.5. The lowest BCUT2D eigenvalue weighted by atomic mass is 9.93. The van der Waals surface area contributed by atoms with Gasteiger partial charge in [-0.2, -0.15) is 13.2 Å². The van der Waals surface area contributed by atoms with Crippen LogP contribution < -0.4 is 5.32 Å². The number of amides is 1. The van der Waals surface area contributed by atoms with Gasteiger partial charge < -0.3 is 9.84 Å². The number of nitrogens with zero attached hydrogens (tertiary/aromatic N) is 2. The highest BCUT2D eigenvalue weighted by Crippen LogP contribution is 2.21. The number of piperidine rings is 1. The molecule has 1 fully saturated rings. The van der Waals surface area contributed by atoms with E-state index in [2.05, 4.69) is 15.2 Å². The number of Topliss-reactive ketones (excluding diaryl/α,β-unsaturated/α-hetero) is 1. The van der Waals surface area contributed by atoms with Gasteiger partial charge >= 0.3 is 18.2 Å². The number of carboxylic acid groups (broad SMARTS) is 1.